The van der Waals surface area contributed by atoms with Gasteiger partial charge in [-0.15, -0.1) is 11.3 Å². The second kappa shape index (κ2) is 5.70. The minimum Gasteiger partial charge on any atom is -0.303 e. The molecule has 0 spiro atoms. The number of aryl methyl sites for hydroxylation is 1. The summed E-state index contributed by atoms with van der Waals surface area (Å²) in [4.78, 5) is 4.78. The molecule has 0 saturated heterocycles. The molecule has 2 atom stereocenters. The van der Waals surface area contributed by atoms with Crippen LogP contribution in [0.4, 0.5) is 0 Å². The molecular weight excluding hydrogens is 240 g/mol. The molecule has 2 nitrogen and oxygen atoms in total. The Hall–Kier alpha value is -0.410. The van der Waals surface area contributed by atoms with Crippen LogP contribution in [-0.2, 0) is 5.54 Å². The highest BCUT2D eigenvalue weighted by Crippen LogP contribution is 2.42. The summed E-state index contributed by atoms with van der Waals surface area (Å²) in [5.41, 5.74) is 1.31. The summed E-state index contributed by atoms with van der Waals surface area (Å²) in [5.74, 6) is 0.856. The van der Waals surface area contributed by atoms with Gasteiger partial charge in [-0.2, -0.15) is 0 Å². The highest BCUT2D eigenvalue weighted by Gasteiger charge is 2.39. The van der Waals surface area contributed by atoms with Gasteiger partial charge in [0.05, 0.1) is 5.54 Å². The largest absolute Gasteiger partial charge is 0.303 e. The van der Waals surface area contributed by atoms with Gasteiger partial charge < -0.3 is 5.32 Å². The Morgan fingerprint density at radius 3 is 2.89 bits per heavy atom. The molecular formula is C15H26N2S. The fourth-order valence-corrected chi connectivity index (χ4v) is 4.25. The molecule has 1 N–H and O–H groups in total. The van der Waals surface area contributed by atoms with E-state index in [0.717, 1.165) is 5.92 Å². The van der Waals surface area contributed by atoms with Gasteiger partial charge in [-0.25, -0.2) is 4.98 Å². The number of rotatable bonds is 4. The highest BCUT2D eigenvalue weighted by atomic mass is 32.1. The van der Waals surface area contributed by atoms with Crippen molar-refractivity contribution in [1.29, 1.82) is 0 Å². The van der Waals surface area contributed by atoms with Crippen LogP contribution in [0.3, 0.4) is 0 Å². The van der Waals surface area contributed by atoms with E-state index in [0.29, 0.717) is 6.04 Å². The summed E-state index contributed by atoms with van der Waals surface area (Å²) in [6.45, 7) is 8.92. The van der Waals surface area contributed by atoms with E-state index in [1.807, 2.05) is 11.3 Å². The molecule has 1 saturated carbocycles. The molecule has 0 radical (unpaired) electrons. The second-order valence-electron chi connectivity index (χ2n) is 6.05. The van der Waals surface area contributed by atoms with Crippen LogP contribution >= 0.6 is 11.3 Å². The molecule has 2 unspecified atom stereocenters. The first kappa shape index (κ1) is 14.0. The third-order valence-electron chi connectivity index (χ3n) is 4.02. The third kappa shape index (κ3) is 2.94. The molecule has 1 heterocycles. The first-order valence-corrected chi connectivity index (χ1v) is 8.14. The molecule has 1 aliphatic carbocycles. The Labute approximate surface area is 115 Å². The lowest BCUT2D eigenvalue weighted by Gasteiger charge is -2.41. The van der Waals surface area contributed by atoms with E-state index in [2.05, 4.69) is 38.4 Å². The monoisotopic (exact) mass is 266 g/mol. The van der Waals surface area contributed by atoms with E-state index >= 15 is 0 Å². The van der Waals surface area contributed by atoms with Crippen molar-refractivity contribution in [3.8, 4) is 0 Å². The van der Waals surface area contributed by atoms with Crippen LogP contribution in [0.25, 0.3) is 0 Å². The van der Waals surface area contributed by atoms with Crippen LogP contribution in [0, 0.1) is 12.8 Å². The van der Waals surface area contributed by atoms with Crippen molar-refractivity contribution < 1.29 is 0 Å². The number of hydrogen-bond donors (Lipinski definition) is 1. The summed E-state index contributed by atoms with van der Waals surface area (Å²) in [6, 6.07) is 0.518. The van der Waals surface area contributed by atoms with E-state index in [4.69, 9.17) is 4.98 Å². The molecule has 2 rings (SSSR count). The van der Waals surface area contributed by atoms with E-state index in [1.54, 1.807) is 0 Å². The van der Waals surface area contributed by atoms with E-state index in [-0.39, 0.29) is 5.54 Å². The van der Waals surface area contributed by atoms with Gasteiger partial charge in [0.25, 0.3) is 0 Å². The lowest BCUT2D eigenvalue weighted by Crippen LogP contribution is -2.49. The summed E-state index contributed by atoms with van der Waals surface area (Å²) in [7, 11) is 0. The molecule has 1 aliphatic rings. The minimum atomic E-state index is 0.145. The predicted molar refractivity (Wildman–Crippen MR) is 79.0 cm³/mol. The summed E-state index contributed by atoms with van der Waals surface area (Å²) >= 11 is 1.84. The Morgan fingerprint density at radius 1 is 1.56 bits per heavy atom. The Bertz CT molecular complexity index is 386. The van der Waals surface area contributed by atoms with Gasteiger partial charge in [0.2, 0.25) is 0 Å². The zero-order valence-electron chi connectivity index (χ0n) is 12.1. The Kier molecular flexibility index (Phi) is 4.44. The lowest BCUT2D eigenvalue weighted by molar-refractivity contribution is 0.163. The fraction of sp³-hybridized carbons (Fsp3) is 0.800. The molecule has 0 amide bonds. The second-order valence-corrected chi connectivity index (χ2v) is 6.90. The number of nitrogens with zero attached hydrogens (tertiary/aromatic N) is 1. The van der Waals surface area contributed by atoms with Crippen molar-refractivity contribution >= 4 is 11.3 Å². The van der Waals surface area contributed by atoms with Crippen molar-refractivity contribution in [3.05, 3.63) is 16.1 Å². The van der Waals surface area contributed by atoms with Gasteiger partial charge in [0.1, 0.15) is 5.01 Å². The average Bonchev–Trinajstić information content (AvgIpc) is 2.76. The van der Waals surface area contributed by atoms with Gasteiger partial charge in [-0.1, -0.05) is 26.2 Å². The number of nitrogens with one attached hydrogen (secondary N) is 1. The Balaban J connectivity index is 2.27. The zero-order valence-corrected chi connectivity index (χ0v) is 12.9. The van der Waals surface area contributed by atoms with Crippen LogP contribution in [-0.4, -0.2) is 11.0 Å². The van der Waals surface area contributed by atoms with Crippen LogP contribution < -0.4 is 5.32 Å². The standard InChI is InChI=1S/C15H26N2S/c1-5-13-7-6-8-15(9-13,17-11(2)3)14-16-12(4)10-18-14/h10-11,13,17H,5-9H2,1-4H3. The zero-order chi connectivity index (χ0) is 13.2. The van der Waals surface area contributed by atoms with Gasteiger partial charge >= 0.3 is 0 Å². The average molecular weight is 266 g/mol. The highest BCUT2D eigenvalue weighted by molar-refractivity contribution is 7.09. The topological polar surface area (TPSA) is 24.9 Å². The summed E-state index contributed by atoms with van der Waals surface area (Å²) in [5, 5.41) is 7.34. The van der Waals surface area contributed by atoms with E-state index in [1.165, 1.54) is 42.8 Å². The van der Waals surface area contributed by atoms with Crippen LogP contribution in [0.2, 0.25) is 0 Å². The summed E-state index contributed by atoms with van der Waals surface area (Å²) < 4.78 is 0. The molecule has 0 bridgehead atoms. The van der Waals surface area contributed by atoms with Crippen molar-refractivity contribution in [1.82, 2.24) is 10.3 Å². The molecule has 3 heteroatoms. The van der Waals surface area contributed by atoms with Crippen LogP contribution in [0.1, 0.15) is 63.6 Å². The van der Waals surface area contributed by atoms with Gasteiger partial charge in [0.15, 0.2) is 0 Å². The van der Waals surface area contributed by atoms with Crippen molar-refractivity contribution in [2.45, 2.75) is 71.4 Å². The molecule has 1 fully saturated rings. The number of aromatic nitrogens is 1. The lowest BCUT2D eigenvalue weighted by atomic mass is 9.74. The quantitative estimate of drug-likeness (QED) is 0.881. The third-order valence-corrected chi connectivity index (χ3v) is 5.19. The first-order chi connectivity index (χ1) is 8.55. The molecule has 1 aromatic heterocycles. The molecule has 0 aliphatic heterocycles. The van der Waals surface area contributed by atoms with E-state index < -0.39 is 0 Å². The predicted octanol–water partition coefficient (Wildman–Crippen LogP) is 4.25. The minimum absolute atomic E-state index is 0.145. The maximum absolute atomic E-state index is 4.78. The van der Waals surface area contributed by atoms with Crippen molar-refractivity contribution in [2.24, 2.45) is 5.92 Å². The maximum Gasteiger partial charge on any atom is 0.113 e. The van der Waals surface area contributed by atoms with Crippen LogP contribution in [0.15, 0.2) is 5.38 Å². The molecule has 1 aromatic rings. The van der Waals surface area contributed by atoms with Gasteiger partial charge in [0, 0.05) is 17.1 Å². The smallest absolute Gasteiger partial charge is 0.113 e. The molecule has 0 aromatic carbocycles. The first-order valence-electron chi connectivity index (χ1n) is 7.26. The molecule has 18 heavy (non-hydrogen) atoms. The van der Waals surface area contributed by atoms with E-state index in [9.17, 15) is 0 Å². The van der Waals surface area contributed by atoms with Crippen molar-refractivity contribution in [2.75, 3.05) is 0 Å². The molecule has 102 valence electrons. The van der Waals surface area contributed by atoms with Crippen LogP contribution in [0.5, 0.6) is 0 Å². The number of hydrogen-bond acceptors (Lipinski definition) is 3. The Morgan fingerprint density at radius 2 is 2.33 bits per heavy atom. The maximum atomic E-state index is 4.78. The number of thiazole rings is 1. The normalized spacial score (nSPS) is 28.8. The van der Waals surface area contributed by atoms with Crippen molar-refractivity contribution in [3.63, 3.8) is 0 Å². The van der Waals surface area contributed by atoms with Gasteiger partial charge in [-0.05, 0) is 39.5 Å². The SMILES string of the molecule is CCC1CCCC(NC(C)C)(c2nc(C)cs2)C1. The van der Waals surface area contributed by atoms with Gasteiger partial charge in [-0.3, -0.25) is 0 Å². The fourth-order valence-electron chi connectivity index (χ4n) is 3.25. The summed E-state index contributed by atoms with van der Waals surface area (Å²) in [6.07, 6.45) is 6.52.